The fourth-order valence-corrected chi connectivity index (χ4v) is 4.20. The highest BCUT2D eigenvalue weighted by Gasteiger charge is 2.24. The molecule has 2 aromatic carbocycles. The monoisotopic (exact) mass is 711 g/mol. The van der Waals surface area contributed by atoms with Crippen molar-refractivity contribution in [2.45, 2.75) is 26.2 Å². The average molecular weight is 712 g/mol. The lowest BCUT2D eigenvalue weighted by Crippen LogP contribution is -2.21. The number of anilines is 3. The van der Waals surface area contributed by atoms with E-state index in [4.69, 9.17) is 21.7 Å². The third-order valence-corrected chi connectivity index (χ3v) is 6.34. The fourth-order valence-electron chi connectivity index (χ4n) is 4.20. The summed E-state index contributed by atoms with van der Waals surface area (Å²) in [6.07, 6.45) is 2.87. The van der Waals surface area contributed by atoms with E-state index in [0.29, 0.717) is 33.1 Å². The van der Waals surface area contributed by atoms with Gasteiger partial charge < -0.3 is 20.5 Å². The SMILES string of the molecule is COc1ccc(-n2nc(C(C)(C)C)cc2NC(=O)Nc2ccc(Oc3ccnc(N)c3[N+](=O)[O-])c3ncccc23)cc1.[2H]CI. The van der Waals surface area contributed by atoms with Gasteiger partial charge in [-0.3, -0.25) is 20.4 Å². The van der Waals surface area contributed by atoms with Crippen LogP contribution in [-0.4, -0.2) is 42.7 Å². The van der Waals surface area contributed by atoms with Gasteiger partial charge in [0.2, 0.25) is 11.6 Å². The van der Waals surface area contributed by atoms with Gasteiger partial charge in [0.1, 0.15) is 17.1 Å². The van der Waals surface area contributed by atoms with Crippen molar-refractivity contribution in [2.75, 3.05) is 28.4 Å². The highest BCUT2D eigenvalue weighted by Crippen LogP contribution is 2.38. The molecule has 3 heterocycles. The summed E-state index contributed by atoms with van der Waals surface area (Å²) < 4.78 is 19.0. The summed E-state index contributed by atoms with van der Waals surface area (Å²) in [4.78, 5) is 32.8. The Morgan fingerprint density at radius 1 is 1.07 bits per heavy atom. The minimum Gasteiger partial charge on any atom is -0.497 e. The van der Waals surface area contributed by atoms with Crippen LogP contribution in [0.15, 0.2) is 73.1 Å². The molecule has 0 spiro atoms. The van der Waals surface area contributed by atoms with E-state index in [0.717, 1.165) is 11.4 Å². The van der Waals surface area contributed by atoms with Crippen molar-refractivity contribution in [1.29, 1.82) is 0 Å². The number of benzene rings is 2. The zero-order valence-corrected chi connectivity index (χ0v) is 26.5. The number of halogens is 1. The third-order valence-electron chi connectivity index (χ3n) is 6.34. The Bertz CT molecular complexity index is 1830. The lowest BCUT2D eigenvalue weighted by Gasteiger charge is -2.14. The van der Waals surface area contributed by atoms with Gasteiger partial charge in [-0.15, -0.1) is 0 Å². The molecule has 5 rings (SSSR count). The minimum absolute atomic E-state index is 0.0839. The lowest BCUT2D eigenvalue weighted by atomic mass is 9.92. The van der Waals surface area contributed by atoms with Crippen molar-refractivity contribution in [3.8, 4) is 22.9 Å². The molecule has 14 heteroatoms. The molecule has 0 aliphatic rings. The molecule has 0 unspecified atom stereocenters. The van der Waals surface area contributed by atoms with Crippen LogP contribution in [0.5, 0.6) is 17.2 Å². The van der Waals surface area contributed by atoms with Crippen molar-refractivity contribution < 1.29 is 20.6 Å². The maximum absolute atomic E-state index is 13.3. The first-order valence-electron chi connectivity index (χ1n) is 13.8. The number of carbonyl (C=O) groups excluding carboxylic acids is 1. The van der Waals surface area contributed by atoms with Crippen molar-refractivity contribution in [3.05, 3.63) is 88.9 Å². The number of nitro groups is 1. The minimum atomic E-state index is -0.657. The summed E-state index contributed by atoms with van der Waals surface area (Å²) in [7, 11) is 1.59. The number of pyridine rings is 2. The molecular formula is C30H31IN8O5. The Morgan fingerprint density at radius 2 is 1.80 bits per heavy atom. The van der Waals surface area contributed by atoms with E-state index in [-0.39, 0.29) is 22.7 Å². The molecule has 44 heavy (non-hydrogen) atoms. The number of fused-ring (bicyclic) bond motifs is 1. The molecule has 228 valence electrons. The molecule has 0 fully saturated rings. The van der Waals surface area contributed by atoms with Gasteiger partial charge in [0, 0.05) is 36.7 Å². The molecule has 0 radical (unpaired) electrons. The molecular weight excluding hydrogens is 679 g/mol. The van der Waals surface area contributed by atoms with E-state index in [2.05, 4.69) is 20.6 Å². The number of rotatable bonds is 7. The molecule has 3 aromatic heterocycles. The average Bonchev–Trinajstić information content (AvgIpc) is 3.43. The summed E-state index contributed by atoms with van der Waals surface area (Å²) >= 11 is 1.96. The number of methoxy groups -OCH3 is 1. The molecule has 0 saturated carbocycles. The van der Waals surface area contributed by atoms with Crippen LogP contribution in [-0.2, 0) is 5.41 Å². The van der Waals surface area contributed by atoms with E-state index in [1.165, 1.54) is 12.3 Å². The predicted molar refractivity (Wildman–Crippen MR) is 179 cm³/mol. The summed E-state index contributed by atoms with van der Waals surface area (Å²) in [5.41, 5.74) is 7.33. The smallest absolute Gasteiger partial charge is 0.353 e. The number of carbonyl (C=O) groups is 1. The van der Waals surface area contributed by atoms with Gasteiger partial charge in [-0.25, -0.2) is 14.5 Å². The van der Waals surface area contributed by atoms with Crippen LogP contribution in [0.25, 0.3) is 16.6 Å². The van der Waals surface area contributed by atoms with Crippen LogP contribution in [0.2, 0.25) is 0 Å². The van der Waals surface area contributed by atoms with E-state index >= 15 is 0 Å². The molecule has 0 bridgehead atoms. The fraction of sp³-hybridized carbons (Fsp3) is 0.200. The van der Waals surface area contributed by atoms with Gasteiger partial charge in [0.25, 0.3) is 0 Å². The number of ether oxygens (including phenoxy) is 2. The summed E-state index contributed by atoms with van der Waals surface area (Å²) in [6.45, 7) is 6.11. The predicted octanol–water partition coefficient (Wildman–Crippen LogP) is 7.10. The molecule has 5 aromatic rings. The quantitative estimate of drug-likeness (QED) is 0.0689. The number of nitrogen functional groups attached to an aromatic ring is 1. The summed E-state index contributed by atoms with van der Waals surface area (Å²) in [5, 5.41) is 22.6. The lowest BCUT2D eigenvalue weighted by molar-refractivity contribution is -0.384. The van der Waals surface area contributed by atoms with Crippen molar-refractivity contribution >= 4 is 62.5 Å². The van der Waals surface area contributed by atoms with Crippen LogP contribution in [0, 0.1) is 10.1 Å². The van der Waals surface area contributed by atoms with Gasteiger partial charge in [-0.1, -0.05) is 43.4 Å². The Kier molecular flexibility index (Phi) is 9.38. The highest BCUT2D eigenvalue weighted by atomic mass is 127. The van der Waals surface area contributed by atoms with Crippen LogP contribution in [0.4, 0.5) is 27.8 Å². The van der Waals surface area contributed by atoms with Gasteiger partial charge in [0.05, 0.1) is 29.1 Å². The van der Waals surface area contributed by atoms with Crippen LogP contribution in [0.3, 0.4) is 0 Å². The molecule has 2 amide bonds. The largest absolute Gasteiger partial charge is 0.497 e. The number of nitrogens with two attached hydrogens (primary N) is 1. The number of nitrogens with one attached hydrogen (secondary N) is 2. The third kappa shape index (κ3) is 6.96. The van der Waals surface area contributed by atoms with E-state index in [1.54, 1.807) is 42.3 Å². The Hall–Kier alpha value is -4.99. The summed E-state index contributed by atoms with van der Waals surface area (Å²) in [6, 6.07) is 16.6. The maximum Gasteiger partial charge on any atom is 0.353 e. The highest BCUT2D eigenvalue weighted by molar-refractivity contribution is 14.1. The first-order chi connectivity index (χ1) is 21.5. The molecule has 0 aliphatic carbocycles. The number of amides is 2. The normalized spacial score (nSPS) is 11.2. The van der Waals surface area contributed by atoms with Crippen LogP contribution >= 0.6 is 22.6 Å². The molecule has 0 saturated heterocycles. The number of aromatic nitrogens is 4. The van der Waals surface area contributed by atoms with Gasteiger partial charge in [-0.05, 0) is 53.4 Å². The molecule has 13 nitrogen and oxygen atoms in total. The van der Waals surface area contributed by atoms with Crippen LogP contribution in [0.1, 0.15) is 27.8 Å². The van der Waals surface area contributed by atoms with Crippen molar-refractivity contribution in [2.24, 2.45) is 0 Å². The van der Waals surface area contributed by atoms with E-state index < -0.39 is 16.6 Å². The van der Waals surface area contributed by atoms with Gasteiger partial charge >= 0.3 is 11.7 Å². The number of hydrogen-bond donors (Lipinski definition) is 3. The number of hydrogen-bond acceptors (Lipinski definition) is 9. The second-order valence-corrected chi connectivity index (χ2v) is 10.3. The zero-order chi connectivity index (χ0) is 32.7. The topological polar surface area (TPSA) is 172 Å². The Labute approximate surface area is 268 Å². The second-order valence-electron chi connectivity index (χ2n) is 10.3. The zero-order valence-electron chi connectivity index (χ0n) is 25.4. The van der Waals surface area contributed by atoms with Crippen molar-refractivity contribution in [3.63, 3.8) is 0 Å². The van der Waals surface area contributed by atoms with E-state index in [9.17, 15) is 14.9 Å². The second kappa shape index (κ2) is 13.5. The Balaban J connectivity index is 0.00000148. The van der Waals surface area contributed by atoms with Gasteiger partial charge in [-0.2, -0.15) is 5.10 Å². The molecule has 0 aliphatic heterocycles. The molecule has 0 atom stereocenters. The maximum atomic E-state index is 13.3. The number of alkyl halides is 1. The number of nitrogens with zero attached hydrogens (tertiary/aromatic N) is 5. The van der Waals surface area contributed by atoms with Gasteiger partial charge in [0.15, 0.2) is 5.75 Å². The molecule has 4 N–H and O–H groups in total. The van der Waals surface area contributed by atoms with E-state index in [1.807, 2.05) is 73.7 Å². The van der Waals surface area contributed by atoms with Crippen LogP contribution < -0.4 is 25.8 Å². The standard InChI is InChI=1S/C29H28N8O5.CH3I/c1-29(2,3)23-16-24(36(35-23)17-7-9-18(41-4)10-8-17)34-28(38)33-20-11-12-21(25-19(20)6-5-14-31-25)42-22-13-15-32-27(30)26(22)37(39)40;1-2/h5-16H,1-4H3,(H2,30,32)(H2,33,34,38);1H3/i;1D. The first kappa shape index (κ1) is 30.5. The summed E-state index contributed by atoms with van der Waals surface area (Å²) in [5.74, 6) is 1.04. The number of urea groups is 1. The first-order valence-corrected chi connectivity index (χ1v) is 14.6. The van der Waals surface area contributed by atoms with Crippen molar-refractivity contribution in [1.82, 2.24) is 19.7 Å². The Morgan fingerprint density at radius 3 is 2.45 bits per heavy atom.